The van der Waals surface area contributed by atoms with Gasteiger partial charge in [-0.3, -0.25) is 4.90 Å². The molecule has 1 aromatic carbocycles. The Bertz CT molecular complexity index is 422. The summed E-state index contributed by atoms with van der Waals surface area (Å²) in [5, 5.41) is 3.77. The third-order valence-corrected chi connectivity index (χ3v) is 5.03. The van der Waals surface area contributed by atoms with E-state index in [1.807, 2.05) is 0 Å². The van der Waals surface area contributed by atoms with Crippen LogP contribution in [-0.4, -0.2) is 30.1 Å². The third kappa shape index (κ3) is 3.42. The van der Waals surface area contributed by atoms with Gasteiger partial charge in [0.15, 0.2) is 0 Å². The van der Waals surface area contributed by atoms with Gasteiger partial charge in [0.2, 0.25) is 0 Å². The summed E-state index contributed by atoms with van der Waals surface area (Å²) >= 11 is 0. The summed E-state index contributed by atoms with van der Waals surface area (Å²) in [6.07, 6.45) is 5.28. The van der Waals surface area contributed by atoms with Crippen LogP contribution in [0.25, 0.3) is 0 Å². The summed E-state index contributed by atoms with van der Waals surface area (Å²) in [6.45, 7) is 8.13. The molecule has 2 aliphatic rings. The summed E-state index contributed by atoms with van der Waals surface area (Å²) in [4.78, 5) is 2.68. The normalized spacial score (nSPS) is 28.3. The molecule has 1 saturated carbocycles. The van der Waals surface area contributed by atoms with E-state index >= 15 is 0 Å². The summed E-state index contributed by atoms with van der Waals surface area (Å²) in [6, 6.07) is 10.6. The summed E-state index contributed by atoms with van der Waals surface area (Å²) in [7, 11) is 0. The first kappa shape index (κ1) is 14.1. The second kappa shape index (κ2) is 6.28. The van der Waals surface area contributed by atoms with Crippen LogP contribution in [0.3, 0.4) is 0 Å². The zero-order valence-corrected chi connectivity index (χ0v) is 12.9. The predicted molar refractivity (Wildman–Crippen MR) is 84.8 cm³/mol. The number of aryl methyl sites for hydroxylation is 1. The van der Waals surface area contributed by atoms with E-state index in [0.717, 1.165) is 24.9 Å². The number of nitrogens with one attached hydrogen (secondary N) is 1. The Kier molecular flexibility index (Phi) is 4.42. The molecule has 2 atom stereocenters. The maximum absolute atomic E-state index is 3.77. The predicted octanol–water partition coefficient (Wildman–Crippen LogP) is 3.21. The van der Waals surface area contributed by atoms with Crippen LogP contribution in [0.4, 0.5) is 0 Å². The first-order valence-corrected chi connectivity index (χ1v) is 8.31. The van der Waals surface area contributed by atoms with Crippen LogP contribution in [0.1, 0.15) is 44.2 Å². The Morgan fingerprint density at radius 1 is 1.10 bits per heavy atom. The van der Waals surface area contributed by atoms with Gasteiger partial charge in [0.25, 0.3) is 0 Å². The van der Waals surface area contributed by atoms with E-state index in [2.05, 4.69) is 48.3 Å². The molecule has 0 amide bonds. The zero-order chi connectivity index (χ0) is 13.9. The van der Waals surface area contributed by atoms with Gasteiger partial charge in [0, 0.05) is 25.2 Å². The molecule has 110 valence electrons. The van der Waals surface area contributed by atoms with Gasteiger partial charge in [0.1, 0.15) is 0 Å². The van der Waals surface area contributed by atoms with Gasteiger partial charge in [-0.15, -0.1) is 0 Å². The van der Waals surface area contributed by atoms with Crippen molar-refractivity contribution in [3.05, 3.63) is 35.4 Å². The third-order valence-electron chi connectivity index (χ3n) is 5.03. The molecular weight excluding hydrogens is 244 g/mol. The Hall–Kier alpha value is -0.860. The minimum atomic E-state index is 0.692. The number of nitrogens with zero attached hydrogens (tertiary/aromatic N) is 1. The van der Waals surface area contributed by atoms with Gasteiger partial charge in [-0.1, -0.05) is 31.2 Å². The average molecular weight is 272 g/mol. The highest BCUT2D eigenvalue weighted by molar-refractivity contribution is 5.22. The van der Waals surface area contributed by atoms with Crippen molar-refractivity contribution in [2.45, 2.75) is 58.2 Å². The molecule has 1 aromatic rings. The molecule has 0 bridgehead atoms. The molecular formula is C18H28N2. The van der Waals surface area contributed by atoms with Crippen molar-refractivity contribution < 1.29 is 0 Å². The Morgan fingerprint density at radius 2 is 1.80 bits per heavy atom. The van der Waals surface area contributed by atoms with Crippen LogP contribution in [0, 0.1) is 5.92 Å². The second-order valence-electron chi connectivity index (χ2n) is 6.64. The highest BCUT2D eigenvalue weighted by Crippen LogP contribution is 2.34. The Morgan fingerprint density at radius 3 is 2.45 bits per heavy atom. The number of hydrogen-bond donors (Lipinski definition) is 1. The molecule has 3 rings (SSSR count). The molecule has 2 heteroatoms. The molecule has 0 radical (unpaired) electrons. The fraction of sp³-hybridized carbons (Fsp3) is 0.667. The average Bonchev–Trinajstić information content (AvgIpc) is 3.29. The molecule has 2 fully saturated rings. The lowest BCUT2D eigenvalue weighted by atomic mass is 10.1. The highest BCUT2D eigenvalue weighted by Gasteiger charge is 2.34. The van der Waals surface area contributed by atoms with Crippen molar-refractivity contribution >= 4 is 0 Å². The van der Waals surface area contributed by atoms with Gasteiger partial charge in [-0.25, -0.2) is 0 Å². The fourth-order valence-corrected chi connectivity index (χ4v) is 3.31. The maximum atomic E-state index is 3.77. The van der Waals surface area contributed by atoms with Crippen LogP contribution in [0.5, 0.6) is 0 Å². The van der Waals surface area contributed by atoms with E-state index in [1.165, 1.54) is 43.5 Å². The smallest absolute Gasteiger partial charge is 0.0237 e. The van der Waals surface area contributed by atoms with Gasteiger partial charge in [-0.05, 0) is 56.2 Å². The standard InChI is InChI=1S/C18H28N2/c1-3-15-4-6-16(7-5-15)12-20-13-18(17-8-9-17)19-11-10-14(20)2/h4-7,14,17-19H,3,8-13H2,1-2H3. The van der Waals surface area contributed by atoms with E-state index in [4.69, 9.17) is 0 Å². The van der Waals surface area contributed by atoms with Crippen LogP contribution in [0.2, 0.25) is 0 Å². The topological polar surface area (TPSA) is 15.3 Å². The minimum absolute atomic E-state index is 0.692. The first-order valence-electron chi connectivity index (χ1n) is 8.31. The van der Waals surface area contributed by atoms with Crippen molar-refractivity contribution in [2.75, 3.05) is 13.1 Å². The molecule has 20 heavy (non-hydrogen) atoms. The molecule has 0 aromatic heterocycles. The summed E-state index contributed by atoms with van der Waals surface area (Å²) in [5.74, 6) is 0.949. The summed E-state index contributed by atoms with van der Waals surface area (Å²) < 4.78 is 0. The molecule has 1 aliphatic carbocycles. The largest absolute Gasteiger partial charge is 0.312 e. The van der Waals surface area contributed by atoms with E-state index in [1.54, 1.807) is 0 Å². The highest BCUT2D eigenvalue weighted by atomic mass is 15.2. The zero-order valence-electron chi connectivity index (χ0n) is 12.9. The Labute approximate surface area is 123 Å². The number of rotatable bonds is 4. The SMILES string of the molecule is CCc1ccc(CN2CC(C3CC3)NCCC2C)cc1. The van der Waals surface area contributed by atoms with Gasteiger partial charge in [-0.2, -0.15) is 0 Å². The molecule has 1 saturated heterocycles. The van der Waals surface area contributed by atoms with Crippen LogP contribution in [-0.2, 0) is 13.0 Å². The molecule has 1 heterocycles. The van der Waals surface area contributed by atoms with Crippen molar-refractivity contribution in [3.8, 4) is 0 Å². The molecule has 1 aliphatic heterocycles. The van der Waals surface area contributed by atoms with Crippen molar-refractivity contribution in [1.29, 1.82) is 0 Å². The second-order valence-corrected chi connectivity index (χ2v) is 6.64. The van der Waals surface area contributed by atoms with Crippen molar-refractivity contribution in [1.82, 2.24) is 10.2 Å². The van der Waals surface area contributed by atoms with Gasteiger partial charge in [0.05, 0.1) is 0 Å². The molecule has 2 nitrogen and oxygen atoms in total. The lowest BCUT2D eigenvalue weighted by Gasteiger charge is -2.29. The fourth-order valence-electron chi connectivity index (χ4n) is 3.31. The molecule has 2 unspecified atom stereocenters. The van der Waals surface area contributed by atoms with E-state index in [0.29, 0.717) is 6.04 Å². The summed E-state index contributed by atoms with van der Waals surface area (Å²) in [5.41, 5.74) is 2.90. The Balaban J connectivity index is 1.65. The number of benzene rings is 1. The van der Waals surface area contributed by atoms with Gasteiger partial charge >= 0.3 is 0 Å². The van der Waals surface area contributed by atoms with E-state index in [-0.39, 0.29) is 0 Å². The van der Waals surface area contributed by atoms with Crippen LogP contribution < -0.4 is 5.32 Å². The molecule has 1 N–H and O–H groups in total. The lowest BCUT2D eigenvalue weighted by Crippen LogP contribution is -2.40. The van der Waals surface area contributed by atoms with E-state index in [9.17, 15) is 0 Å². The van der Waals surface area contributed by atoms with Crippen LogP contribution >= 0.6 is 0 Å². The first-order chi connectivity index (χ1) is 9.76. The van der Waals surface area contributed by atoms with Crippen LogP contribution in [0.15, 0.2) is 24.3 Å². The monoisotopic (exact) mass is 272 g/mol. The van der Waals surface area contributed by atoms with Crippen molar-refractivity contribution in [2.24, 2.45) is 5.92 Å². The van der Waals surface area contributed by atoms with Crippen molar-refractivity contribution in [3.63, 3.8) is 0 Å². The van der Waals surface area contributed by atoms with E-state index < -0.39 is 0 Å². The molecule has 0 spiro atoms. The number of hydrogen-bond acceptors (Lipinski definition) is 2. The maximum Gasteiger partial charge on any atom is 0.0237 e. The minimum Gasteiger partial charge on any atom is -0.312 e. The quantitative estimate of drug-likeness (QED) is 0.905. The van der Waals surface area contributed by atoms with Gasteiger partial charge < -0.3 is 5.32 Å². The lowest BCUT2D eigenvalue weighted by molar-refractivity contribution is 0.190.